The number of likely N-dealkylation sites (tertiary alicyclic amines) is 1. The lowest BCUT2D eigenvalue weighted by atomic mass is 9.84. The molecule has 0 unspecified atom stereocenters. The van der Waals surface area contributed by atoms with Crippen LogP contribution in [0.15, 0.2) is 48.7 Å². The molecule has 0 radical (unpaired) electrons. The highest BCUT2D eigenvalue weighted by atomic mass is 16.5. The summed E-state index contributed by atoms with van der Waals surface area (Å²) in [4.78, 5) is 33.0. The summed E-state index contributed by atoms with van der Waals surface area (Å²) < 4.78 is 5.49. The van der Waals surface area contributed by atoms with E-state index < -0.39 is 0 Å². The van der Waals surface area contributed by atoms with E-state index in [0.29, 0.717) is 28.9 Å². The Balaban J connectivity index is 1.48. The average Bonchev–Trinajstić information content (AvgIpc) is 2.96. The van der Waals surface area contributed by atoms with E-state index in [9.17, 15) is 14.9 Å². The minimum Gasteiger partial charge on any atom is -0.495 e. The van der Waals surface area contributed by atoms with E-state index in [1.165, 1.54) is 7.11 Å². The van der Waals surface area contributed by atoms with Gasteiger partial charge in [0, 0.05) is 35.5 Å². The number of amides is 1. The van der Waals surface area contributed by atoms with Crippen molar-refractivity contribution in [1.82, 2.24) is 15.2 Å². The number of rotatable bonds is 8. The van der Waals surface area contributed by atoms with Crippen LogP contribution in [0.2, 0.25) is 0 Å². The van der Waals surface area contributed by atoms with Crippen LogP contribution in [0.5, 0.6) is 5.75 Å². The number of hydrogen-bond acceptors (Lipinski definition) is 6. The first kappa shape index (κ1) is 30.0. The van der Waals surface area contributed by atoms with Gasteiger partial charge in [-0.1, -0.05) is 32.9 Å². The number of carbonyl (C=O) groups excluding carboxylic acids is 2. The molecular weight excluding hydrogens is 512 g/mol. The van der Waals surface area contributed by atoms with Gasteiger partial charge in [0.05, 0.1) is 18.2 Å². The highest BCUT2D eigenvalue weighted by Gasteiger charge is 2.23. The van der Waals surface area contributed by atoms with Crippen LogP contribution < -0.4 is 10.1 Å². The summed E-state index contributed by atoms with van der Waals surface area (Å²) in [7, 11) is 3.60. The molecule has 0 bridgehead atoms. The number of piperidine rings is 1. The van der Waals surface area contributed by atoms with E-state index in [4.69, 9.17) is 4.74 Å². The molecule has 4 rings (SSSR count). The molecule has 1 fully saturated rings. The van der Waals surface area contributed by atoms with E-state index in [1.54, 1.807) is 12.3 Å². The molecule has 1 amide bonds. The first-order valence-corrected chi connectivity index (χ1v) is 14.2. The Kier molecular flexibility index (Phi) is 9.25. The third-order valence-corrected chi connectivity index (χ3v) is 7.88. The molecule has 0 atom stereocenters. The standard InChI is InChI=1S/C34H40N4O3/c1-22-29(24-8-10-25(11-9-24)33(40)37-28-13-15-38(5)16-14-28)17-23(21-36-22)7-12-31(39)30-19-27(34(2,3)4)18-26(20-35)32(30)41-6/h8-11,17-19,21,28H,7,12-16H2,1-6H3,(H,37,40). The van der Waals surface area contributed by atoms with Gasteiger partial charge in [0.1, 0.15) is 11.8 Å². The van der Waals surface area contributed by atoms with Crippen LogP contribution in [0.4, 0.5) is 0 Å². The van der Waals surface area contributed by atoms with Crippen LogP contribution in [0, 0.1) is 18.3 Å². The van der Waals surface area contributed by atoms with Gasteiger partial charge in [0.2, 0.25) is 0 Å². The quantitative estimate of drug-likeness (QED) is 0.351. The number of nitrogens with zero attached hydrogens (tertiary/aromatic N) is 3. The van der Waals surface area contributed by atoms with Crippen molar-refractivity contribution in [2.75, 3.05) is 27.2 Å². The maximum absolute atomic E-state index is 13.4. The van der Waals surface area contributed by atoms with E-state index in [0.717, 1.165) is 53.9 Å². The van der Waals surface area contributed by atoms with Gasteiger partial charge in [-0.2, -0.15) is 5.26 Å². The Bertz CT molecular complexity index is 1460. The number of Topliss-reactive ketones (excluding diaryl/α,β-unsaturated/α-hetero) is 1. The van der Waals surface area contributed by atoms with Crippen molar-refractivity contribution in [2.45, 2.75) is 64.8 Å². The van der Waals surface area contributed by atoms with Gasteiger partial charge in [0.15, 0.2) is 5.78 Å². The second-order valence-corrected chi connectivity index (χ2v) is 12.0. The molecule has 1 N–H and O–H groups in total. The first-order chi connectivity index (χ1) is 19.5. The molecule has 3 aromatic rings. The summed E-state index contributed by atoms with van der Waals surface area (Å²) in [5.41, 5.74) is 5.90. The fourth-order valence-corrected chi connectivity index (χ4v) is 5.19. The molecule has 7 nitrogen and oxygen atoms in total. The summed E-state index contributed by atoms with van der Waals surface area (Å²) in [5.74, 6) is 0.207. The van der Waals surface area contributed by atoms with Crippen LogP contribution in [-0.2, 0) is 11.8 Å². The molecule has 0 aliphatic carbocycles. The number of aryl methyl sites for hydroxylation is 2. The fourth-order valence-electron chi connectivity index (χ4n) is 5.19. The SMILES string of the molecule is COc1c(C#N)cc(C(C)(C)C)cc1C(=O)CCc1cnc(C)c(-c2ccc(C(=O)NC3CCN(C)CC3)cc2)c1. The van der Waals surface area contributed by atoms with Crippen molar-refractivity contribution < 1.29 is 14.3 Å². The summed E-state index contributed by atoms with van der Waals surface area (Å²) in [6.45, 7) is 10.1. The monoisotopic (exact) mass is 552 g/mol. The van der Waals surface area contributed by atoms with Crippen molar-refractivity contribution in [2.24, 2.45) is 0 Å². The number of nitriles is 1. The van der Waals surface area contributed by atoms with Gasteiger partial charge in [-0.15, -0.1) is 0 Å². The topological polar surface area (TPSA) is 95.3 Å². The summed E-state index contributed by atoms with van der Waals surface area (Å²) in [5, 5.41) is 12.8. The Hall–Kier alpha value is -4.02. The van der Waals surface area contributed by atoms with Crippen molar-refractivity contribution >= 4 is 11.7 Å². The van der Waals surface area contributed by atoms with Gasteiger partial charge >= 0.3 is 0 Å². The van der Waals surface area contributed by atoms with Crippen LogP contribution in [-0.4, -0.2) is 54.9 Å². The highest BCUT2D eigenvalue weighted by Crippen LogP contribution is 2.33. The fraction of sp³-hybridized carbons (Fsp3) is 0.412. The molecular formula is C34H40N4O3. The van der Waals surface area contributed by atoms with Crippen LogP contribution in [0.1, 0.15) is 83.1 Å². The number of methoxy groups -OCH3 is 1. The number of pyridine rings is 1. The molecule has 7 heteroatoms. The molecule has 1 aromatic heterocycles. The maximum atomic E-state index is 13.4. The normalized spacial score (nSPS) is 14.4. The van der Waals surface area contributed by atoms with Crippen molar-refractivity contribution in [1.29, 1.82) is 5.26 Å². The molecule has 2 aromatic carbocycles. The zero-order chi connectivity index (χ0) is 29.7. The number of benzene rings is 2. The zero-order valence-corrected chi connectivity index (χ0v) is 25.0. The second-order valence-electron chi connectivity index (χ2n) is 12.0. The van der Waals surface area contributed by atoms with E-state index in [1.807, 2.05) is 37.3 Å². The van der Waals surface area contributed by atoms with Crippen LogP contribution in [0.25, 0.3) is 11.1 Å². The van der Waals surface area contributed by atoms with Gasteiger partial charge in [-0.25, -0.2) is 0 Å². The van der Waals surface area contributed by atoms with E-state index >= 15 is 0 Å². The summed E-state index contributed by atoms with van der Waals surface area (Å²) in [6, 6.07) is 15.7. The van der Waals surface area contributed by atoms with E-state index in [-0.39, 0.29) is 29.6 Å². The lowest BCUT2D eigenvalue weighted by Gasteiger charge is -2.29. The predicted molar refractivity (Wildman–Crippen MR) is 161 cm³/mol. The van der Waals surface area contributed by atoms with Crippen molar-refractivity contribution in [3.05, 3.63) is 82.2 Å². The number of ketones is 1. The molecule has 1 aliphatic heterocycles. The number of aromatic nitrogens is 1. The maximum Gasteiger partial charge on any atom is 0.251 e. The minimum absolute atomic E-state index is 0.0428. The Morgan fingerprint density at radius 3 is 2.41 bits per heavy atom. The van der Waals surface area contributed by atoms with Gasteiger partial charge < -0.3 is 15.0 Å². The lowest BCUT2D eigenvalue weighted by molar-refractivity contribution is 0.0916. The van der Waals surface area contributed by atoms with E-state index in [2.05, 4.69) is 55.2 Å². The number of nitrogens with one attached hydrogen (secondary N) is 1. The summed E-state index contributed by atoms with van der Waals surface area (Å²) in [6.07, 6.45) is 4.50. The molecule has 0 saturated carbocycles. The third kappa shape index (κ3) is 7.20. The Morgan fingerprint density at radius 1 is 1.12 bits per heavy atom. The second kappa shape index (κ2) is 12.7. The minimum atomic E-state index is -0.216. The molecule has 0 spiro atoms. The third-order valence-electron chi connectivity index (χ3n) is 7.88. The predicted octanol–water partition coefficient (Wildman–Crippen LogP) is 5.87. The molecule has 41 heavy (non-hydrogen) atoms. The lowest BCUT2D eigenvalue weighted by Crippen LogP contribution is -2.43. The smallest absolute Gasteiger partial charge is 0.251 e. The molecule has 214 valence electrons. The Morgan fingerprint density at radius 2 is 1.80 bits per heavy atom. The first-order valence-electron chi connectivity index (χ1n) is 14.2. The number of carbonyl (C=O) groups is 2. The zero-order valence-electron chi connectivity index (χ0n) is 25.0. The Labute approximate surface area is 243 Å². The van der Waals surface area contributed by atoms with Crippen molar-refractivity contribution in [3.63, 3.8) is 0 Å². The molecule has 2 heterocycles. The summed E-state index contributed by atoms with van der Waals surface area (Å²) >= 11 is 0. The number of hydrogen-bond donors (Lipinski definition) is 1. The van der Waals surface area contributed by atoms with Gasteiger partial charge in [-0.05, 0) is 98.8 Å². The average molecular weight is 553 g/mol. The highest BCUT2D eigenvalue weighted by molar-refractivity contribution is 6.00. The molecule has 1 saturated heterocycles. The van der Waals surface area contributed by atoms with Gasteiger partial charge in [0.25, 0.3) is 5.91 Å². The number of ether oxygens (including phenoxy) is 1. The van der Waals surface area contributed by atoms with Gasteiger partial charge in [-0.3, -0.25) is 14.6 Å². The largest absolute Gasteiger partial charge is 0.495 e. The van der Waals surface area contributed by atoms with Crippen LogP contribution in [0.3, 0.4) is 0 Å². The van der Waals surface area contributed by atoms with Crippen molar-refractivity contribution in [3.8, 4) is 22.9 Å². The van der Waals surface area contributed by atoms with Crippen LogP contribution >= 0.6 is 0 Å². The molecule has 1 aliphatic rings.